The van der Waals surface area contributed by atoms with Crippen LogP contribution in [0.5, 0.6) is 0 Å². The molecule has 0 unspecified atom stereocenters. The minimum Gasteiger partial charge on any atom is -0.550 e. The molecule has 1 N–H and O–H groups in total. The summed E-state index contributed by atoms with van der Waals surface area (Å²) >= 11 is 5.91. The summed E-state index contributed by atoms with van der Waals surface area (Å²) in [5.74, 6) is -3.59. The van der Waals surface area contributed by atoms with E-state index in [2.05, 4.69) is 5.32 Å². The number of carboxylic acid groups (broad SMARTS) is 1. The van der Waals surface area contributed by atoms with E-state index in [0.29, 0.717) is 16.3 Å². The number of carbonyl (C=O) groups excluding carboxylic acids is 2. The second-order valence-corrected chi connectivity index (χ2v) is 5.85. The normalized spacial score (nSPS) is 20.5. The molecule has 0 radical (unpaired) electrons. The van der Waals surface area contributed by atoms with Crippen molar-refractivity contribution in [3.8, 4) is 0 Å². The van der Waals surface area contributed by atoms with Crippen molar-refractivity contribution in [1.29, 1.82) is 0 Å². The molecule has 1 amide bonds. The molecule has 2 rings (SSSR count). The Bertz CT molecular complexity index is 701. The van der Waals surface area contributed by atoms with E-state index in [4.69, 9.17) is 11.6 Å². The van der Waals surface area contributed by atoms with Crippen LogP contribution in [0.25, 0.3) is 0 Å². The van der Waals surface area contributed by atoms with Crippen molar-refractivity contribution < 1.29 is 19.6 Å². The molecule has 0 saturated carbocycles. The average Bonchev–Trinajstić information content (AvgIpc) is 2.48. The van der Waals surface area contributed by atoms with Crippen LogP contribution in [0.4, 0.5) is 11.4 Å². The van der Waals surface area contributed by atoms with Gasteiger partial charge >= 0.3 is 0 Å². The van der Waals surface area contributed by atoms with E-state index < -0.39 is 28.6 Å². The minimum atomic E-state index is -1.30. The summed E-state index contributed by atoms with van der Waals surface area (Å²) in [5.41, 5.74) is 0.815. The molecule has 0 spiro atoms. The second kappa shape index (κ2) is 6.78. The van der Waals surface area contributed by atoms with Gasteiger partial charge in [-0.3, -0.25) is 14.9 Å². The van der Waals surface area contributed by atoms with E-state index in [0.717, 1.165) is 0 Å². The number of carbonyl (C=O) groups is 2. The Hall–Kier alpha value is -2.41. The van der Waals surface area contributed by atoms with Crippen molar-refractivity contribution in [2.45, 2.75) is 19.8 Å². The first-order valence-corrected chi connectivity index (χ1v) is 7.28. The molecule has 0 aromatic heterocycles. The van der Waals surface area contributed by atoms with Crippen molar-refractivity contribution >= 4 is 34.9 Å². The molecule has 1 aromatic rings. The third-order valence-electron chi connectivity index (χ3n) is 3.81. The number of non-ortho nitro benzene ring substituents is 1. The van der Waals surface area contributed by atoms with Gasteiger partial charge in [0.15, 0.2) is 0 Å². The molecule has 1 aliphatic carbocycles. The van der Waals surface area contributed by atoms with Crippen molar-refractivity contribution in [3.63, 3.8) is 0 Å². The standard InChI is InChI=1S/C15H15ClN2O5/c1-8-6-10(18(22)23)3-5-13(8)17-14(19)12-7-9(16)2-4-11(12)15(20)21/h2-3,5-6,11-12H,4,7H2,1H3,(H,17,19)(H,20,21)/p-1/t11-,12+/m1/s1. The first-order chi connectivity index (χ1) is 10.8. The number of halogens is 1. The second-order valence-electron chi connectivity index (χ2n) is 5.37. The van der Waals surface area contributed by atoms with Crippen LogP contribution in [0.1, 0.15) is 18.4 Å². The molecule has 0 aliphatic heterocycles. The number of aryl methyl sites for hydroxylation is 1. The fourth-order valence-electron chi connectivity index (χ4n) is 2.52. The zero-order chi connectivity index (χ0) is 17.1. The number of nitro benzene ring substituents is 1. The van der Waals surface area contributed by atoms with Crippen LogP contribution in [0.3, 0.4) is 0 Å². The van der Waals surface area contributed by atoms with Crippen LogP contribution in [-0.4, -0.2) is 16.8 Å². The van der Waals surface area contributed by atoms with Gasteiger partial charge < -0.3 is 15.2 Å². The maximum Gasteiger partial charge on any atom is 0.269 e. The molecule has 8 heteroatoms. The first kappa shape index (κ1) is 17.0. The maximum absolute atomic E-state index is 12.4. The summed E-state index contributed by atoms with van der Waals surface area (Å²) in [5, 5.41) is 24.9. The number of aliphatic carboxylic acids is 1. The van der Waals surface area contributed by atoms with Crippen molar-refractivity contribution in [2.75, 3.05) is 5.32 Å². The number of amides is 1. The fourth-order valence-corrected chi connectivity index (χ4v) is 2.77. The highest BCUT2D eigenvalue weighted by Crippen LogP contribution is 2.33. The topological polar surface area (TPSA) is 112 Å². The molecular weight excluding hydrogens is 324 g/mol. The molecular formula is C15H14ClN2O5-. The number of nitrogens with zero attached hydrogens (tertiary/aromatic N) is 1. The summed E-state index contributed by atoms with van der Waals surface area (Å²) in [6.07, 6.45) is 1.83. The highest BCUT2D eigenvalue weighted by Gasteiger charge is 2.32. The summed E-state index contributed by atoms with van der Waals surface area (Å²) < 4.78 is 0. The molecule has 1 aliphatic rings. The van der Waals surface area contributed by atoms with Crippen LogP contribution in [0.2, 0.25) is 0 Å². The van der Waals surface area contributed by atoms with Gasteiger partial charge in [-0.05, 0) is 31.4 Å². The quantitative estimate of drug-likeness (QED) is 0.664. The zero-order valence-electron chi connectivity index (χ0n) is 12.2. The molecule has 2 atom stereocenters. The Morgan fingerprint density at radius 2 is 2.04 bits per heavy atom. The predicted molar refractivity (Wildman–Crippen MR) is 81.6 cm³/mol. The lowest BCUT2D eigenvalue weighted by atomic mass is 9.82. The van der Waals surface area contributed by atoms with Crippen molar-refractivity contribution in [1.82, 2.24) is 0 Å². The number of hydrogen-bond acceptors (Lipinski definition) is 5. The van der Waals surface area contributed by atoms with Gasteiger partial charge in [-0.15, -0.1) is 0 Å². The largest absolute Gasteiger partial charge is 0.550 e. The van der Waals surface area contributed by atoms with Crippen LogP contribution in [0.15, 0.2) is 29.3 Å². The van der Waals surface area contributed by atoms with Gasteiger partial charge in [0.1, 0.15) is 0 Å². The fraction of sp³-hybridized carbons (Fsp3) is 0.333. The van der Waals surface area contributed by atoms with E-state index in [-0.39, 0.29) is 18.5 Å². The molecule has 0 heterocycles. The molecule has 23 heavy (non-hydrogen) atoms. The molecule has 0 bridgehead atoms. The number of benzene rings is 1. The zero-order valence-corrected chi connectivity index (χ0v) is 13.0. The first-order valence-electron chi connectivity index (χ1n) is 6.91. The highest BCUT2D eigenvalue weighted by atomic mass is 35.5. The predicted octanol–water partition coefficient (Wildman–Crippen LogP) is 1.74. The van der Waals surface area contributed by atoms with E-state index in [9.17, 15) is 24.8 Å². The highest BCUT2D eigenvalue weighted by molar-refractivity contribution is 6.29. The lowest BCUT2D eigenvalue weighted by Crippen LogP contribution is -2.42. The van der Waals surface area contributed by atoms with E-state index >= 15 is 0 Å². The van der Waals surface area contributed by atoms with Gasteiger partial charge in [0.05, 0.1) is 10.8 Å². The SMILES string of the molecule is Cc1cc([N+](=O)[O-])ccc1NC(=O)[C@H]1CC(Cl)=CC[C@H]1C(=O)[O-]. The summed E-state index contributed by atoms with van der Waals surface area (Å²) in [6, 6.07) is 4.02. The Labute approximate surface area is 137 Å². The molecule has 0 saturated heterocycles. The number of nitro groups is 1. The third-order valence-corrected chi connectivity index (χ3v) is 4.12. The Kier molecular flexibility index (Phi) is 5.00. The number of nitrogens with one attached hydrogen (secondary N) is 1. The smallest absolute Gasteiger partial charge is 0.269 e. The molecule has 122 valence electrons. The maximum atomic E-state index is 12.4. The number of carboxylic acids is 1. The van der Waals surface area contributed by atoms with Crippen LogP contribution in [-0.2, 0) is 9.59 Å². The van der Waals surface area contributed by atoms with Crippen molar-refractivity contribution in [2.24, 2.45) is 11.8 Å². The molecule has 1 aromatic carbocycles. The van der Waals surface area contributed by atoms with Crippen LogP contribution >= 0.6 is 11.6 Å². The van der Waals surface area contributed by atoms with E-state index in [1.165, 1.54) is 18.2 Å². The molecule has 0 fully saturated rings. The van der Waals surface area contributed by atoms with Crippen LogP contribution < -0.4 is 10.4 Å². The van der Waals surface area contributed by atoms with Gasteiger partial charge in [0.25, 0.3) is 5.69 Å². The third kappa shape index (κ3) is 3.87. The van der Waals surface area contributed by atoms with Gasteiger partial charge in [-0.2, -0.15) is 0 Å². The number of allylic oxidation sites excluding steroid dienone is 2. The van der Waals surface area contributed by atoms with Gasteiger partial charge in [0.2, 0.25) is 5.91 Å². The summed E-state index contributed by atoms with van der Waals surface area (Å²) in [4.78, 5) is 33.7. The number of rotatable bonds is 4. The minimum absolute atomic E-state index is 0.0863. The van der Waals surface area contributed by atoms with Gasteiger partial charge in [0, 0.05) is 34.7 Å². The summed E-state index contributed by atoms with van der Waals surface area (Å²) in [6.45, 7) is 1.62. The lowest BCUT2D eigenvalue weighted by molar-refractivity contribution is -0.384. The van der Waals surface area contributed by atoms with Gasteiger partial charge in [-0.1, -0.05) is 17.7 Å². The van der Waals surface area contributed by atoms with Crippen LogP contribution in [0, 0.1) is 28.9 Å². The number of anilines is 1. The van der Waals surface area contributed by atoms with E-state index in [1.807, 2.05) is 0 Å². The Morgan fingerprint density at radius 3 is 2.61 bits per heavy atom. The Morgan fingerprint density at radius 1 is 1.35 bits per heavy atom. The Balaban J connectivity index is 2.19. The van der Waals surface area contributed by atoms with E-state index in [1.54, 1.807) is 13.0 Å². The summed E-state index contributed by atoms with van der Waals surface area (Å²) in [7, 11) is 0. The monoisotopic (exact) mass is 337 g/mol. The average molecular weight is 338 g/mol. The van der Waals surface area contributed by atoms with Gasteiger partial charge in [-0.25, -0.2) is 0 Å². The molecule has 7 nitrogen and oxygen atoms in total. The lowest BCUT2D eigenvalue weighted by Gasteiger charge is -2.29. The number of hydrogen-bond donors (Lipinski definition) is 1. The van der Waals surface area contributed by atoms with Crippen molar-refractivity contribution in [3.05, 3.63) is 45.0 Å².